The molecule has 224 valence electrons. The predicted molar refractivity (Wildman–Crippen MR) is 151 cm³/mol. The van der Waals surface area contributed by atoms with Crippen molar-refractivity contribution in [3.05, 3.63) is 47.7 Å². The molecule has 0 aromatic carbocycles. The number of aromatic nitrogens is 8. The van der Waals surface area contributed by atoms with Gasteiger partial charge in [0.25, 0.3) is 5.56 Å². The molecule has 0 aliphatic carbocycles. The van der Waals surface area contributed by atoms with E-state index >= 15 is 4.39 Å². The molecule has 6 rings (SSSR count). The lowest BCUT2D eigenvalue weighted by molar-refractivity contribution is -0.0458. The van der Waals surface area contributed by atoms with Crippen LogP contribution in [0, 0.1) is 0 Å². The zero-order valence-corrected chi connectivity index (χ0v) is 24.7. The first-order valence-electron chi connectivity index (χ1n) is 12.1. The van der Waals surface area contributed by atoms with Crippen LogP contribution in [0.1, 0.15) is 18.2 Å². The number of rotatable bonds is 2. The van der Waals surface area contributed by atoms with Crippen molar-refractivity contribution in [3.63, 3.8) is 0 Å². The molecule has 4 N–H and O–H groups in total. The Labute approximate surface area is 245 Å². The molecule has 2 aliphatic heterocycles. The van der Waals surface area contributed by atoms with Crippen molar-refractivity contribution in [1.82, 2.24) is 39.0 Å². The van der Waals surface area contributed by atoms with E-state index in [-0.39, 0.29) is 36.1 Å². The van der Waals surface area contributed by atoms with Crippen molar-refractivity contribution < 1.29 is 36.7 Å². The summed E-state index contributed by atoms with van der Waals surface area (Å²) < 4.78 is 59.7. The summed E-state index contributed by atoms with van der Waals surface area (Å²) in [5, 5.41) is 0. The number of hydrogen-bond donors (Lipinski definition) is 4. The molecule has 4 aromatic heterocycles. The molecule has 4 aromatic rings. The van der Waals surface area contributed by atoms with E-state index < -0.39 is 56.4 Å². The Bertz CT molecular complexity index is 1840. The number of nitrogen functional groups attached to an aromatic ring is 1. The van der Waals surface area contributed by atoms with Crippen molar-refractivity contribution in [2.24, 2.45) is 0 Å². The number of imidazole rings is 2. The lowest BCUT2D eigenvalue weighted by Crippen LogP contribution is -2.32. The lowest BCUT2D eigenvalue weighted by Gasteiger charge is -2.27. The van der Waals surface area contributed by atoms with Crippen LogP contribution in [0.25, 0.3) is 22.3 Å². The van der Waals surface area contributed by atoms with Gasteiger partial charge < -0.3 is 19.9 Å². The van der Waals surface area contributed by atoms with Gasteiger partial charge in [-0.15, -0.1) is 6.58 Å². The maximum absolute atomic E-state index is 16.0. The smallest absolute Gasteiger partial charge is 0.369 e. The SMILES string of the molecule is C=C[C@@H]1OP(O)(=S)O[C@@H]2[C@H](F)[C@@H](COP(=O)(S)OCCn3c1nc1cncnc13)O[C@H]2n1cnc2nc(N)[nH]c(=O)c21. The zero-order chi connectivity index (χ0) is 29.8. The van der Waals surface area contributed by atoms with Crippen LogP contribution in [0.5, 0.6) is 0 Å². The Balaban J connectivity index is 1.42. The first-order chi connectivity index (χ1) is 20.0. The summed E-state index contributed by atoms with van der Waals surface area (Å²) in [5.74, 6) is -0.0179. The second-order valence-electron chi connectivity index (χ2n) is 9.04. The topological polar surface area (TPSA) is 217 Å². The minimum atomic E-state index is -4.32. The lowest BCUT2D eigenvalue weighted by atomic mass is 10.1. The number of nitrogens with one attached hydrogen (secondary N) is 1. The van der Waals surface area contributed by atoms with Crippen LogP contribution in [0.4, 0.5) is 10.3 Å². The number of alkyl halides is 1. The number of aromatic amines is 1. The van der Waals surface area contributed by atoms with E-state index in [9.17, 15) is 14.3 Å². The Hall–Kier alpha value is -2.64. The van der Waals surface area contributed by atoms with Gasteiger partial charge in [0.15, 0.2) is 29.2 Å². The van der Waals surface area contributed by atoms with Gasteiger partial charge in [-0.1, -0.05) is 18.3 Å². The summed E-state index contributed by atoms with van der Waals surface area (Å²) in [6, 6.07) is 0. The highest BCUT2D eigenvalue weighted by molar-refractivity contribution is 8.44. The molecular formula is C20H22FN9O8P2S2. The number of halogens is 1. The average molecular weight is 662 g/mol. The average Bonchev–Trinajstić information content (AvgIpc) is 3.60. The molecule has 22 heteroatoms. The number of thiol groups is 1. The van der Waals surface area contributed by atoms with E-state index in [0.29, 0.717) is 11.2 Å². The molecule has 0 radical (unpaired) electrons. The monoisotopic (exact) mass is 661 g/mol. The van der Waals surface area contributed by atoms with E-state index in [1.807, 2.05) is 0 Å². The predicted octanol–water partition coefficient (Wildman–Crippen LogP) is 1.71. The van der Waals surface area contributed by atoms with Gasteiger partial charge in [0.2, 0.25) is 5.95 Å². The third-order valence-electron chi connectivity index (χ3n) is 6.38. The van der Waals surface area contributed by atoms with Gasteiger partial charge in [0, 0.05) is 6.54 Å². The van der Waals surface area contributed by atoms with Crippen molar-refractivity contribution in [2.75, 3.05) is 18.9 Å². The van der Waals surface area contributed by atoms with E-state index in [1.54, 1.807) is 4.57 Å². The maximum atomic E-state index is 16.0. The number of H-pyrrole nitrogens is 1. The van der Waals surface area contributed by atoms with Gasteiger partial charge in [-0.2, -0.15) is 4.98 Å². The van der Waals surface area contributed by atoms with Gasteiger partial charge in [-0.05, 0) is 11.8 Å². The van der Waals surface area contributed by atoms with Crippen LogP contribution >= 0.6 is 25.8 Å². The molecule has 2 bridgehead atoms. The second kappa shape index (κ2) is 11.1. The van der Waals surface area contributed by atoms with Crippen molar-refractivity contribution in [2.45, 2.75) is 37.3 Å². The quantitative estimate of drug-likeness (QED) is 0.137. The molecule has 0 amide bonds. The van der Waals surface area contributed by atoms with Gasteiger partial charge >= 0.3 is 13.5 Å². The fourth-order valence-corrected chi connectivity index (χ4v) is 7.42. The molecule has 2 aliphatic rings. The summed E-state index contributed by atoms with van der Waals surface area (Å²) in [5.41, 5.74) is 5.46. The summed E-state index contributed by atoms with van der Waals surface area (Å²) in [7, 11) is 0. The second-order valence-corrected chi connectivity index (χ2v) is 14.7. The molecule has 6 heterocycles. The minimum absolute atomic E-state index is 0.0385. The van der Waals surface area contributed by atoms with Crippen LogP contribution in [-0.2, 0) is 45.7 Å². The van der Waals surface area contributed by atoms with Gasteiger partial charge in [-0.3, -0.25) is 32.4 Å². The number of nitrogens with two attached hydrogens (primary N) is 1. The molecule has 2 unspecified atom stereocenters. The first-order valence-corrected chi connectivity index (χ1v) is 17.4. The number of anilines is 1. The van der Waals surface area contributed by atoms with E-state index in [2.05, 4.69) is 48.7 Å². The summed E-state index contributed by atoms with van der Waals surface area (Å²) >= 11 is 9.29. The minimum Gasteiger partial charge on any atom is -0.369 e. The van der Waals surface area contributed by atoms with E-state index in [0.717, 1.165) is 10.9 Å². The normalized spacial score (nSPS) is 32.8. The van der Waals surface area contributed by atoms with Crippen molar-refractivity contribution in [1.29, 1.82) is 0 Å². The van der Waals surface area contributed by atoms with Crippen LogP contribution < -0.4 is 11.3 Å². The van der Waals surface area contributed by atoms with Crippen LogP contribution in [0.3, 0.4) is 0 Å². The molecule has 1 fully saturated rings. The molecule has 0 spiro atoms. The number of hydrogen-bond acceptors (Lipinski definition) is 14. The fourth-order valence-electron chi connectivity index (χ4n) is 4.63. The molecule has 0 saturated carbocycles. The fraction of sp³-hybridized carbons (Fsp3) is 0.400. The zero-order valence-electron chi connectivity index (χ0n) is 21.2. The van der Waals surface area contributed by atoms with Gasteiger partial charge in [0.05, 0.1) is 19.4 Å². The highest BCUT2D eigenvalue weighted by Crippen LogP contribution is 2.56. The Morgan fingerprint density at radius 1 is 1.31 bits per heavy atom. The van der Waals surface area contributed by atoms with Crippen LogP contribution in [0.2, 0.25) is 0 Å². The number of fused-ring (bicyclic) bond motifs is 6. The molecule has 7 atom stereocenters. The molecular weight excluding hydrogens is 639 g/mol. The third kappa shape index (κ3) is 5.55. The Morgan fingerprint density at radius 3 is 2.90 bits per heavy atom. The largest absolute Gasteiger partial charge is 0.386 e. The molecule has 1 saturated heterocycles. The van der Waals surface area contributed by atoms with E-state index in [4.69, 9.17) is 40.4 Å². The van der Waals surface area contributed by atoms with Crippen molar-refractivity contribution >= 4 is 65.8 Å². The third-order valence-corrected chi connectivity index (χ3v) is 9.57. The van der Waals surface area contributed by atoms with Gasteiger partial charge in [-0.25, -0.2) is 28.9 Å². The van der Waals surface area contributed by atoms with Crippen LogP contribution in [-0.4, -0.2) is 75.5 Å². The standard InChI is InChI=1S/C20H22FN9O8P2S2/c1-2-10-17-26-9-5-23-7-24-16(9)29(17)3-4-34-39(32,41)35-6-11-12(21)14(38-40(33,42)37-10)19(36-11)30-8-25-15-13(30)18(31)28-20(22)27-15/h2,5,7-8,10-12,14,19H,1,3-4,6H2,(H,32,41)(H,33,42)(H3,22,27,28,31)/t10-,11+,12+,14+,19+,39?,40?/m0/s1. The summed E-state index contributed by atoms with van der Waals surface area (Å²) in [6.07, 6.45) is -2.58. The molecule has 42 heavy (non-hydrogen) atoms. The Kier molecular flexibility index (Phi) is 7.80. The first kappa shape index (κ1) is 29.4. The van der Waals surface area contributed by atoms with Gasteiger partial charge in [0.1, 0.15) is 42.3 Å². The Morgan fingerprint density at radius 2 is 2.12 bits per heavy atom. The highest BCUT2D eigenvalue weighted by atomic mass is 32.7. The van der Waals surface area contributed by atoms with Crippen LogP contribution in [0.15, 0.2) is 36.3 Å². The maximum Gasteiger partial charge on any atom is 0.386 e. The summed E-state index contributed by atoms with van der Waals surface area (Å²) in [4.78, 5) is 46.9. The number of nitrogens with zero attached hydrogens (tertiary/aromatic N) is 7. The number of ether oxygens (including phenoxy) is 1. The highest BCUT2D eigenvalue weighted by Gasteiger charge is 2.51. The van der Waals surface area contributed by atoms with Crippen molar-refractivity contribution in [3.8, 4) is 0 Å². The van der Waals surface area contributed by atoms with E-state index in [1.165, 1.54) is 18.6 Å². The summed E-state index contributed by atoms with van der Waals surface area (Å²) in [6.45, 7) is -5.38. The molecule has 17 nitrogen and oxygen atoms in total.